The maximum absolute atomic E-state index is 13.1. The number of carbonyl (C=O) groups excluding carboxylic acids is 1. The molecule has 1 aromatic heterocycles. The molecule has 4 nitrogen and oxygen atoms in total. The van der Waals surface area contributed by atoms with Gasteiger partial charge in [0.25, 0.3) is 0 Å². The van der Waals surface area contributed by atoms with Gasteiger partial charge in [0.2, 0.25) is 0 Å². The number of esters is 1. The van der Waals surface area contributed by atoms with Crippen LogP contribution in [0, 0.1) is 5.82 Å². The van der Waals surface area contributed by atoms with Gasteiger partial charge >= 0.3 is 5.97 Å². The van der Waals surface area contributed by atoms with Crippen LogP contribution in [0.4, 0.5) is 4.39 Å². The molecule has 0 radical (unpaired) electrons. The molecule has 1 fully saturated rings. The van der Waals surface area contributed by atoms with Crippen LogP contribution in [0.2, 0.25) is 5.15 Å². The number of nitrogens with zero attached hydrogens (tertiary/aromatic N) is 1. The van der Waals surface area contributed by atoms with Crippen LogP contribution in [0.3, 0.4) is 0 Å². The number of halogens is 2. The zero-order valence-electron chi connectivity index (χ0n) is 10.7. The first-order valence-electron chi connectivity index (χ1n) is 6.13. The van der Waals surface area contributed by atoms with E-state index in [2.05, 4.69) is 4.98 Å². The van der Waals surface area contributed by atoms with E-state index in [9.17, 15) is 9.18 Å². The standard InChI is InChI=1S/C13H15ClFNO3/c1-7-3-10(4-8(2)18-7)19-13(17)11-5-9(15)6-16-12(11)14/h5-8,10H,3-4H2,1-2H3. The molecule has 2 rings (SSSR count). The Hall–Kier alpha value is -1.20. The largest absolute Gasteiger partial charge is 0.458 e. The van der Waals surface area contributed by atoms with Gasteiger partial charge in [-0.2, -0.15) is 0 Å². The van der Waals surface area contributed by atoms with Crippen LogP contribution >= 0.6 is 11.6 Å². The van der Waals surface area contributed by atoms with E-state index >= 15 is 0 Å². The molecular formula is C13H15ClFNO3. The molecule has 19 heavy (non-hydrogen) atoms. The molecule has 0 N–H and O–H groups in total. The molecule has 1 saturated heterocycles. The summed E-state index contributed by atoms with van der Waals surface area (Å²) in [7, 11) is 0. The molecule has 104 valence electrons. The fourth-order valence-corrected chi connectivity index (χ4v) is 2.40. The second-order valence-electron chi connectivity index (χ2n) is 4.75. The lowest BCUT2D eigenvalue weighted by Crippen LogP contribution is -2.35. The first-order chi connectivity index (χ1) is 8.95. The van der Waals surface area contributed by atoms with E-state index in [4.69, 9.17) is 21.1 Å². The Morgan fingerprint density at radius 1 is 1.47 bits per heavy atom. The molecule has 1 aliphatic rings. The lowest BCUT2D eigenvalue weighted by molar-refractivity contribution is -0.0855. The minimum Gasteiger partial charge on any atom is -0.458 e. The molecule has 0 bridgehead atoms. The average molecular weight is 288 g/mol. The van der Waals surface area contributed by atoms with Crippen molar-refractivity contribution in [2.45, 2.75) is 45.0 Å². The molecule has 0 spiro atoms. The van der Waals surface area contributed by atoms with Gasteiger partial charge in [0.15, 0.2) is 0 Å². The number of rotatable bonds is 2. The van der Waals surface area contributed by atoms with Gasteiger partial charge in [0, 0.05) is 12.8 Å². The Bertz CT molecular complexity index is 473. The SMILES string of the molecule is CC1CC(OC(=O)c2cc(F)cnc2Cl)CC(C)O1. The zero-order valence-corrected chi connectivity index (χ0v) is 11.5. The van der Waals surface area contributed by atoms with Gasteiger partial charge in [-0.05, 0) is 19.9 Å². The van der Waals surface area contributed by atoms with Crippen molar-refractivity contribution >= 4 is 17.6 Å². The lowest BCUT2D eigenvalue weighted by Gasteiger charge is -2.31. The van der Waals surface area contributed by atoms with E-state index in [1.807, 2.05) is 13.8 Å². The first kappa shape index (κ1) is 14.2. The van der Waals surface area contributed by atoms with Crippen molar-refractivity contribution in [3.05, 3.63) is 28.8 Å². The molecule has 1 aliphatic heterocycles. The number of aromatic nitrogens is 1. The van der Waals surface area contributed by atoms with Gasteiger partial charge in [-0.15, -0.1) is 0 Å². The van der Waals surface area contributed by atoms with Crippen LogP contribution in [0.1, 0.15) is 37.0 Å². The molecule has 0 amide bonds. The van der Waals surface area contributed by atoms with Crippen molar-refractivity contribution in [3.63, 3.8) is 0 Å². The molecule has 1 aromatic rings. The molecule has 2 unspecified atom stereocenters. The third-order valence-electron chi connectivity index (χ3n) is 2.95. The lowest BCUT2D eigenvalue weighted by atomic mass is 10.0. The summed E-state index contributed by atoms with van der Waals surface area (Å²) in [5, 5.41) is -0.0560. The van der Waals surface area contributed by atoms with Crippen LogP contribution in [0.15, 0.2) is 12.3 Å². The summed E-state index contributed by atoms with van der Waals surface area (Å²) in [4.78, 5) is 15.5. The first-order valence-corrected chi connectivity index (χ1v) is 6.51. The van der Waals surface area contributed by atoms with Gasteiger partial charge < -0.3 is 9.47 Å². The van der Waals surface area contributed by atoms with Crippen LogP contribution in [0.25, 0.3) is 0 Å². The van der Waals surface area contributed by atoms with E-state index in [0.717, 1.165) is 12.3 Å². The molecule has 6 heteroatoms. The number of hydrogen-bond donors (Lipinski definition) is 0. The Kier molecular flexibility index (Phi) is 4.37. The van der Waals surface area contributed by atoms with Crippen molar-refractivity contribution in [1.82, 2.24) is 4.98 Å². The smallest absolute Gasteiger partial charge is 0.341 e. The maximum atomic E-state index is 13.1. The second-order valence-corrected chi connectivity index (χ2v) is 5.11. The summed E-state index contributed by atoms with van der Waals surface area (Å²) in [5.74, 6) is -1.27. The Labute approximate surface area is 115 Å². The van der Waals surface area contributed by atoms with Gasteiger partial charge in [0.1, 0.15) is 17.1 Å². The second kappa shape index (κ2) is 5.84. The number of ether oxygens (including phenoxy) is 2. The predicted molar refractivity (Wildman–Crippen MR) is 67.7 cm³/mol. The highest BCUT2D eigenvalue weighted by Gasteiger charge is 2.28. The minimum atomic E-state index is -0.650. The summed E-state index contributed by atoms with van der Waals surface area (Å²) < 4.78 is 24.0. The third kappa shape index (κ3) is 3.64. The average Bonchev–Trinajstić information content (AvgIpc) is 2.30. The number of carbonyl (C=O) groups is 1. The van der Waals surface area contributed by atoms with Gasteiger partial charge in [-0.25, -0.2) is 14.2 Å². The van der Waals surface area contributed by atoms with Crippen molar-refractivity contribution in [3.8, 4) is 0 Å². The van der Waals surface area contributed by atoms with E-state index in [-0.39, 0.29) is 29.0 Å². The Balaban J connectivity index is 2.06. The summed E-state index contributed by atoms with van der Waals surface area (Å²) in [6, 6.07) is 1.03. The van der Waals surface area contributed by atoms with E-state index in [0.29, 0.717) is 12.8 Å². The van der Waals surface area contributed by atoms with Crippen molar-refractivity contribution in [2.24, 2.45) is 0 Å². The fourth-order valence-electron chi connectivity index (χ4n) is 2.22. The van der Waals surface area contributed by atoms with Gasteiger partial charge in [0.05, 0.1) is 24.0 Å². The van der Waals surface area contributed by atoms with Crippen LogP contribution in [-0.4, -0.2) is 29.3 Å². The molecule has 0 saturated carbocycles. The minimum absolute atomic E-state index is 0.0302. The topological polar surface area (TPSA) is 48.4 Å². The summed E-state index contributed by atoms with van der Waals surface area (Å²) >= 11 is 5.76. The van der Waals surface area contributed by atoms with Crippen molar-refractivity contribution in [1.29, 1.82) is 0 Å². The molecule has 0 aliphatic carbocycles. The normalized spacial score (nSPS) is 27.1. The van der Waals surface area contributed by atoms with E-state index < -0.39 is 11.8 Å². The Morgan fingerprint density at radius 3 is 2.74 bits per heavy atom. The number of hydrogen-bond acceptors (Lipinski definition) is 4. The summed E-state index contributed by atoms with van der Waals surface area (Å²) in [6.07, 6.45) is 2.01. The molecular weight excluding hydrogens is 273 g/mol. The highest BCUT2D eigenvalue weighted by atomic mass is 35.5. The van der Waals surface area contributed by atoms with Crippen LogP contribution in [0.5, 0.6) is 0 Å². The fraction of sp³-hybridized carbons (Fsp3) is 0.538. The van der Waals surface area contributed by atoms with Crippen molar-refractivity contribution in [2.75, 3.05) is 0 Å². The molecule has 2 atom stereocenters. The quantitative estimate of drug-likeness (QED) is 0.620. The Morgan fingerprint density at radius 2 is 2.11 bits per heavy atom. The van der Waals surface area contributed by atoms with Gasteiger partial charge in [-0.3, -0.25) is 0 Å². The summed E-state index contributed by atoms with van der Waals surface area (Å²) in [5.41, 5.74) is -0.0477. The molecule has 2 heterocycles. The monoisotopic (exact) mass is 287 g/mol. The van der Waals surface area contributed by atoms with Crippen LogP contribution < -0.4 is 0 Å². The van der Waals surface area contributed by atoms with Gasteiger partial charge in [-0.1, -0.05) is 11.6 Å². The highest BCUT2D eigenvalue weighted by molar-refractivity contribution is 6.32. The number of pyridine rings is 1. The van der Waals surface area contributed by atoms with Crippen molar-refractivity contribution < 1.29 is 18.7 Å². The zero-order chi connectivity index (χ0) is 14.0. The summed E-state index contributed by atoms with van der Waals surface area (Å²) in [6.45, 7) is 3.85. The third-order valence-corrected chi connectivity index (χ3v) is 3.25. The molecule has 0 aromatic carbocycles. The maximum Gasteiger partial charge on any atom is 0.341 e. The predicted octanol–water partition coefficient (Wildman–Crippen LogP) is 2.99. The van der Waals surface area contributed by atoms with E-state index in [1.54, 1.807) is 0 Å². The van der Waals surface area contributed by atoms with E-state index in [1.165, 1.54) is 0 Å². The highest BCUT2D eigenvalue weighted by Crippen LogP contribution is 2.24. The van der Waals surface area contributed by atoms with Crippen LogP contribution in [-0.2, 0) is 9.47 Å².